The molecule has 0 N–H and O–H groups in total. The Morgan fingerprint density at radius 3 is 2.41 bits per heavy atom. The summed E-state index contributed by atoms with van der Waals surface area (Å²) in [5.74, 6) is 0. The summed E-state index contributed by atoms with van der Waals surface area (Å²) in [5, 5.41) is 0. The van der Waals surface area contributed by atoms with E-state index in [4.69, 9.17) is 4.74 Å². The molecule has 1 spiro atoms. The molecule has 1 aliphatic carbocycles. The van der Waals surface area contributed by atoms with Crippen LogP contribution in [0.1, 0.15) is 44.2 Å². The van der Waals surface area contributed by atoms with Gasteiger partial charge in [0.2, 0.25) is 0 Å². The number of sulfone groups is 1. The Labute approximate surface area is 133 Å². The van der Waals surface area contributed by atoms with Gasteiger partial charge in [0, 0.05) is 25.4 Å². The second-order valence-corrected chi connectivity index (χ2v) is 8.74. The average Bonchev–Trinajstić information content (AvgIpc) is 2.93. The Bertz CT molecular complexity index is 618. The Morgan fingerprint density at radius 1 is 1.18 bits per heavy atom. The first-order chi connectivity index (χ1) is 10.4. The highest BCUT2D eigenvalue weighted by Gasteiger charge is 2.40. The Balaban J connectivity index is 1.74. The van der Waals surface area contributed by atoms with E-state index in [1.807, 2.05) is 12.1 Å². The van der Waals surface area contributed by atoms with Crippen molar-refractivity contribution in [1.29, 1.82) is 0 Å². The molecule has 22 heavy (non-hydrogen) atoms. The third-order valence-electron chi connectivity index (χ3n) is 5.13. The first-order valence-electron chi connectivity index (χ1n) is 8.08. The summed E-state index contributed by atoms with van der Waals surface area (Å²) in [6.07, 6.45) is 6.13. The van der Waals surface area contributed by atoms with Crippen LogP contribution in [0, 0.1) is 0 Å². The Hall–Kier alpha value is -0.910. The summed E-state index contributed by atoms with van der Waals surface area (Å²) in [6, 6.07) is 7.60. The third kappa shape index (κ3) is 3.21. The molecule has 3 rings (SSSR count). The van der Waals surface area contributed by atoms with Crippen LogP contribution in [0.5, 0.6) is 0 Å². The van der Waals surface area contributed by atoms with Crippen LogP contribution in [0.25, 0.3) is 0 Å². The molecule has 122 valence electrons. The number of ether oxygens (including phenoxy) is 1. The summed E-state index contributed by atoms with van der Waals surface area (Å²) in [4.78, 5) is 2.86. The van der Waals surface area contributed by atoms with Crippen LogP contribution in [0.15, 0.2) is 29.2 Å². The second-order valence-electron chi connectivity index (χ2n) is 6.73. The molecule has 1 atom stereocenters. The van der Waals surface area contributed by atoms with E-state index < -0.39 is 9.84 Å². The SMILES string of the molecule is C[C@H](c1ccc(S(C)(=O)=O)cc1)N1CCOC2(CCCC2)C1. The molecule has 0 amide bonds. The number of hydrogen-bond donors (Lipinski definition) is 0. The lowest BCUT2D eigenvalue weighted by molar-refractivity contribution is -0.113. The van der Waals surface area contributed by atoms with Gasteiger partial charge >= 0.3 is 0 Å². The smallest absolute Gasteiger partial charge is 0.175 e. The predicted molar refractivity (Wildman–Crippen MR) is 86.7 cm³/mol. The highest BCUT2D eigenvalue weighted by atomic mass is 32.2. The van der Waals surface area contributed by atoms with E-state index in [9.17, 15) is 8.42 Å². The lowest BCUT2D eigenvalue weighted by Gasteiger charge is -2.43. The summed E-state index contributed by atoms with van der Waals surface area (Å²) < 4.78 is 29.2. The maximum absolute atomic E-state index is 11.6. The van der Waals surface area contributed by atoms with Gasteiger partial charge in [0.15, 0.2) is 9.84 Å². The molecule has 1 heterocycles. The molecule has 1 saturated carbocycles. The van der Waals surface area contributed by atoms with E-state index in [0.717, 1.165) is 19.7 Å². The maximum Gasteiger partial charge on any atom is 0.175 e. The van der Waals surface area contributed by atoms with Crippen molar-refractivity contribution in [3.05, 3.63) is 29.8 Å². The number of hydrogen-bond acceptors (Lipinski definition) is 4. The van der Waals surface area contributed by atoms with Crippen molar-refractivity contribution in [2.24, 2.45) is 0 Å². The first-order valence-corrected chi connectivity index (χ1v) is 9.97. The molecule has 0 unspecified atom stereocenters. The van der Waals surface area contributed by atoms with Gasteiger partial charge in [-0.2, -0.15) is 0 Å². The molecular weight excluding hydrogens is 298 g/mol. The van der Waals surface area contributed by atoms with Crippen LogP contribution in [0.4, 0.5) is 0 Å². The van der Waals surface area contributed by atoms with Gasteiger partial charge in [0.25, 0.3) is 0 Å². The fraction of sp³-hybridized carbons (Fsp3) is 0.647. The van der Waals surface area contributed by atoms with Gasteiger partial charge < -0.3 is 4.74 Å². The molecule has 1 aromatic rings. The van der Waals surface area contributed by atoms with Crippen molar-refractivity contribution in [1.82, 2.24) is 4.90 Å². The predicted octanol–water partition coefficient (Wildman–Crippen LogP) is 2.80. The topological polar surface area (TPSA) is 46.6 Å². The summed E-state index contributed by atoms with van der Waals surface area (Å²) in [7, 11) is -3.12. The number of nitrogens with zero attached hydrogens (tertiary/aromatic N) is 1. The molecule has 1 aromatic carbocycles. The normalized spacial score (nSPS) is 23.7. The Morgan fingerprint density at radius 2 is 1.82 bits per heavy atom. The van der Waals surface area contributed by atoms with E-state index in [1.165, 1.54) is 37.5 Å². The summed E-state index contributed by atoms with van der Waals surface area (Å²) >= 11 is 0. The third-order valence-corrected chi connectivity index (χ3v) is 6.26. The monoisotopic (exact) mass is 323 g/mol. The molecular formula is C17H25NO3S. The van der Waals surface area contributed by atoms with Crippen molar-refractivity contribution >= 4 is 9.84 Å². The number of morpholine rings is 1. The van der Waals surface area contributed by atoms with E-state index in [2.05, 4.69) is 11.8 Å². The first kappa shape index (κ1) is 16.0. The zero-order valence-electron chi connectivity index (χ0n) is 13.4. The molecule has 1 aliphatic heterocycles. The fourth-order valence-electron chi connectivity index (χ4n) is 3.73. The maximum atomic E-state index is 11.6. The molecule has 5 heteroatoms. The van der Waals surface area contributed by atoms with Crippen molar-refractivity contribution in [2.75, 3.05) is 26.0 Å². The molecule has 0 aromatic heterocycles. The van der Waals surface area contributed by atoms with Gasteiger partial charge in [-0.05, 0) is 37.5 Å². The minimum Gasteiger partial charge on any atom is -0.372 e. The minimum absolute atomic E-state index is 0.0687. The summed E-state index contributed by atoms with van der Waals surface area (Å²) in [6.45, 7) is 4.92. The zero-order chi connectivity index (χ0) is 15.8. The van der Waals surface area contributed by atoms with Gasteiger partial charge in [-0.3, -0.25) is 4.90 Å². The molecule has 1 saturated heterocycles. The summed E-state index contributed by atoms with van der Waals surface area (Å²) in [5.41, 5.74) is 1.24. The van der Waals surface area contributed by atoms with Crippen molar-refractivity contribution < 1.29 is 13.2 Å². The van der Waals surface area contributed by atoms with E-state index >= 15 is 0 Å². The molecule has 2 aliphatic rings. The van der Waals surface area contributed by atoms with Crippen molar-refractivity contribution in [3.63, 3.8) is 0 Å². The standard InChI is InChI=1S/C17H25NO3S/c1-14(15-5-7-16(8-6-15)22(2,19)20)18-11-12-21-17(13-18)9-3-4-10-17/h5-8,14H,3-4,9-13H2,1-2H3/t14-/m1/s1. The number of rotatable bonds is 3. The molecule has 2 fully saturated rings. The van der Waals surface area contributed by atoms with Crippen LogP contribution in [-0.4, -0.2) is 44.9 Å². The van der Waals surface area contributed by atoms with Gasteiger partial charge in [-0.1, -0.05) is 25.0 Å². The highest BCUT2D eigenvalue weighted by molar-refractivity contribution is 7.90. The van der Waals surface area contributed by atoms with E-state index in [0.29, 0.717) is 4.90 Å². The van der Waals surface area contributed by atoms with Crippen LogP contribution in [0.3, 0.4) is 0 Å². The van der Waals surface area contributed by atoms with Gasteiger partial charge in [-0.15, -0.1) is 0 Å². The lowest BCUT2D eigenvalue weighted by Crippen LogP contribution is -2.50. The molecule has 0 radical (unpaired) electrons. The van der Waals surface area contributed by atoms with Crippen LogP contribution < -0.4 is 0 Å². The quantitative estimate of drug-likeness (QED) is 0.858. The Kier molecular flexibility index (Phi) is 4.32. The van der Waals surface area contributed by atoms with Crippen molar-refractivity contribution in [2.45, 2.75) is 49.1 Å². The van der Waals surface area contributed by atoms with E-state index in [1.54, 1.807) is 12.1 Å². The highest BCUT2D eigenvalue weighted by Crippen LogP contribution is 2.38. The van der Waals surface area contributed by atoms with Crippen LogP contribution in [0.2, 0.25) is 0 Å². The van der Waals surface area contributed by atoms with Crippen LogP contribution >= 0.6 is 0 Å². The van der Waals surface area contributed by atoms with Gasteiger partial charge in [-0.25, -0.2) is 8.42 Å². The lowest BCUT2D eigenvalue weighted by atomic mass is 9.97. The fourth-order valence-corrected chi connectivity index (χ4v) is 4.36. The molecule has 0 bridgehead atoms. The second kappa shape index (κ2) is 5.95. The van der Waals surface area contributed by atoms with Gasteiger partial charge in [0.05, 0.1) is 17.1 Å². The van der Waals surface area contributed by atoms with Gasteiger partial charge in [0.1, 0.15) is 0 Å². The van der Waals surface area contributed by atoms with Crippen molar-refractivity contribution in [3.8, 4) is 0 Å². The van der Waals surface area contributed by atoms with E-state index in [-0.39, 0.29) is 11.6 Å². The molecule has 4 nitrogen and oxygen atoms in total. The minimum atomic E-state index is -3.12. The average molecular weight is 323 g/mol. The largest absolute Gasteiger partial charge is 0.372 e. The number of benzene rings is 1. The zero-order valence-corrected chi connectivity index (χ0v) is 14.2. The van der Waals surface area contributed by atoms with Crippen LogP contribution in [-0.2, 0) is 14.6 Å².